The van der Waals surface area contributed by atoms with Gasteiger partial charge >= 0.3 is 6.18 Å². The zero-order chi connectivity index (χ0) is 14.0. The van der Waals surface area contributed by atoms with E-state index in [0.29, 0.717) is 6.29 Å². The van der Waals surface area contributed by atoms with Crippen molar-refractivity contribution in [3.63, 3.8) is 0 Å². The summed E-state index contributed by atoms with van der Waals surface area (Å²) in [6.07, 6.45) is -4.16. The third-order valence-electron chi connectivity index (χ3n) is 2.66. The van der Waals surface area contributed by atoms with E-state index < -0.39 is 17.6 Å². The molecule has 0 amide bonds. The Hall–Kier alpha value is -2.17. The first-order valence-electron chi connectivity index (χ1n) is 5.35. The van der Waals surface area contributed by atoms with E-state index in [1.54, 1.807) is 0 Å². The minimum Gasteiger partial charge on any atom is -0.298 e. The van der Waals surface area contributed by atoms with Crippen LogP contribution in [0.3, 0.4) is 0 Å². The van der Waals surface area contributed by atoms with Gasteiger partial charge in [0.15, 0.2) is 6.29 Å². The summed E-state index contributed by atoms with van der Waals surface area (Å²) in [5, 5.41) is 0. The third-order valence-corrected chi connectivity index (χ3v) is 2.66. The highest BCUT2D eigenvalue weighted by Gasteiger charge is 2.33. The van der Waals surface area contributed by atoms with Crippen LogP contribution < -0.4 is 0 Å². The summed E-state index contributed by atoms with van der Waals surface area (Å²) >= 11 is 0. The minimum atomic E-state index is -4.57. The molecule has 2 rings (SSSR count). The average molecular weight is 268 g/mol. The molecule has 0 saturated heterocycles. The number of carbonyl (C=O) groups is 1. The maximum Gasteiger partial charge on any atom is 0.417 e. The summed E-state index contributed by atoms with van der Waals surface area (Å²) in [7, 11) is 0. The Morgan fingerprint density at radius 3 is 2.26 bits per heavy atom. The van der Waals surface area contributed by atoms with E-state index >= 15 is 0 Å². The zero-order valence-corrected chi connectivity index (χ0v) is 9.54. The first-order valence-corrected chi connectivity index (χ1v) is 5.35. The number of hydrogen-bond acceptors (Lipinski definition) is 1. The van der Waals surface area contributed by atoms with E-state index in [0.717, 1.165) is 24.3 Å². The molecule has 5 heteroatoms. The van der Waals surface area contributed by atoms with Crippen LogP contribution in [-0.2, 0) is 6.18 Å². The van der Waals surface area contributed by atoms with Crippen molar-refractivity contribution in [2.75, 3.05) is 0 Å². The van der Waals surface area contributed by atoms with Crippen LogP contribution in [0.1, 0.15) is 15.9 Å². The highest BCUT2D eigenvalue weighted by atomic mass is 19.4. The Morgan fingerprint density at radius 1 is 0.947 bits per heavy atom. The molecule has 0 radical (unpaired) electrons. The molecule has 0 bridgehead atoms. The molecule has 0 spiro atoms. The molecule has 19 heavy (non-hydrogen) atoms. The van der Waals surface area contributed by atoms with Crippen molar-refractivity contribution in [2.45, 2.75) is 6.18 Å². The number of aldehydes is 1. The first kappa shape index (κ1) is 13.3. The van der Waals surface area contributed by atoms with Crippen LogP contribution in [0.25, 0.3) is 11.1 Å². The van der Waals surface area contributed by atoms with E-state index in [1.165, 1.54) is 18.2 Å². The third kappa shape index (κ3) is 2.65. The molecule has 0 aliphatic carbocycles. The fourth-order valence-electron chi connectivity index (χ4n) is 1.83. The van der Waals surface area contributed by atoms with Crippen LogP contribution in [-0.4, -0.2) is 6.29 Å². The molecule has 1 nitrogen and oxygen atoms in total. The maximum absolute atomic E-state index is 13.2. The van der Waals surface area contributed by atoms with Crippen molar-refractivity contribution >= 4 is 6.29 Å². The molecule has 0 heterocycles. The lowest BCUT2D eigenvalue weighted by molar-refractivity contribution is -0.137. The van der Waals surface area contributed by atoms with Gasteiger partial charge in [-0.2, -0.15) is 13.2 Å². The van der Waals surface area contributed by atoms with Crippen LogP contribution in [0, 0.1) is 5.82 Å². The second kappa shape index (κ2) is 4.84. The van der Waals surface area contributed by atoms with Gasteiger partial charge in [-0.3, -0.25) is 4.79 Å². The molecule has 0 saturated carbocycles. The van der Waals surface area contributed by atoms with E-state index in [4.69, 9.17) is 0 Å². The Kier molecular flexibility index (Phi) is 3.38. The second-order valence-corrected chi connectivity index (χ2v) is 3.89. The number of rotatable bonds is 2. The van der Waals surface area contributed by atoms with E-state index in [9.17, 15) is 22.4 Å². The molecular weight excluding hydrogens is 260 g/mol. The van der Waals surface area contributed by atoms with Gasteiger partial charge in [0.25, 0.3) is 0 Å². The largest absolute Gasteiger partial charge is 0.417 e. The summed E-state index contributed by atoms with van der Waals surface area (Å²) in [5.74, 6) is -0.697. The fourth-order valence-corrected chi connectivity index (χ4v) is 1.83. The quantitative estimate of drug-likeness (QED) is 0.585. The summed E-state index contributed by atoms with van der Waals surface area (Å²) in [5.41, 5.74) is -1.17. The molecule has 0 aliphatic heterocycles. The van der Waals surface area contributed by atoms with Crippen LogP contribution in [0.5, 0.6) is 0 Å². The van der Waals surface area contributed by atoms with Crippen LogP contribution in [0.2, 0.25) is 0 Å². The molecule has 2 aromatic rings. The highest BCUT2D eigenvalue weighted by molar-refractivity contribution is 5.88. The summed E-state index contributed by atoms with van der Waals surface area (Å²) in [4.78, 5) is 10.9. The van der Waals surface area contributed by atoms with E-state index in [1.807, 2.05) is 0 Å². The molecule has 0 atom stereocenters. The fraction of sp³-hybridized carbons (Fsp3) is 0.0714. The number of carbonyl (C=O) groups excluding carboxylic acids is 1. The molecular formula is C14H8F4O. The lowest BCUT2D eigenvalue weighted by Gasteiger charge is -2.14. The van der Waals surface area contributed by atoms with Gasteiger partial charge in [0.2, 0.25) is 0 Å². The van der Waals surface area contributed by atoms with Crippen LogP contribution in [0.4, 0.5) is 17.6 Å². The van der Waals surface area contributed by atoms with E-state index in [2.05, 4.69) is 0 Å². The van der Waals surface area contributed by atoms with Gasteiger partial charge in [-0.1, -0.05) is 18.2 Å². The Bertz CT molecular complexity index is 617. The molecule has 0 aromatic heterocycles. The Balaban J connectivity index is 2.72. The monoisotopic (exact) mass is 268 g/mol. The molecule has 0 fully saturated rings. The van der Waals surface area contributed by atoms with Crippen molar-refractivity contribution < 1.29 is 22.4 Å². The molecule has 98 valence electrons. The van der Waals surface area contributed by atoms with Crippen LogP contribution >= 0.6 is 0 Å². The molecule has 0 unspecified atom stereocenters. The summed E-state index contributed by atoms with van der Waals surface area (Å²) < 4.78 is 51.9. The number of hydrogen-bond donors (Lipinski definition) is 0. The molecule has 2 aromatic carbocycles. The van der Waals surface area contributed by atoms with Gasteiger partial charge in [0, 0.05) is 5.56 Å². The Morgan fingerprint density at radius 2 is 1.63 bits per heavy atom. The standard InChI is InChI=1S/C14H8F4O/c15-10-6-5-9(8-19)12(7-10)11-3-1-2-4-13(11)14(16,17)18/h1-8H. The smallest absolute Gasteiger partial charge is 0.298 e. The normalized spacial score (nSPS) is 11.4. The number of halogens is 4. The number of benzene rings is 2. The van der Waals surface area contributed by atoms with Crippen molar-refractivity contribution in [2.24, 2.45) is 0 Å². The topological polar surface area (TPSA) is 17.1 Å². The van der Waals surface area contributed by atoms with Gasteiger partial charge in [-0.25, -0.2) is 4.39 Å². The van der Waals surface area contributed by atoms with Gasteiger partial charge in [0.1, 0.15) is 5.82 Å². The van der Waals surface area contributed by atoms with Crippen molar-refractivity contribution in [1.29, 1.82) is 0 Å². The highest BCUT2D eigenvalue weighted by Crippen LogP contribution is 2.37. The summed E-state index contributed by atoms with van der Waals surface area (Å²) in [6, 6.07) is 7.87. The van der Waals surface area contributed by atoms with Gasteiger partial charge < -0.3 is 0 Å². The molecule has 0 aliphatic rings. The van der Waals surface area contributed by atoms with E-state index in [-0.39, 0.29) is 16.7 Å². The van der Waals surface area contributed by atoms with Crippen molar-refractivity contribution in [3.8, 4) is 11.1 Å². The van der Waals surface area contributed by atoms with Gasteiger partial charge in [-0.15, -0.1) is 0 Å². The maximum atomic E-state index is 13.2. The molecule has 0 N–H and O–H groups in total. The van der Waals surface area contributed by atoms with Crippen molar-refractivity contribution in [3.05, 3.63) is 59.4 Å². The summed E-state index contributed by atoms with van der Waals surface area (Å²) in [6.45, 7) is 0. The second-order valence-electron chi connectivity index (χ2n) is 3.89. The predicted molar refractivity (Wildman–Crippen MR) is 62.2 cm³/mol. The average Bonchev–Trinajstić information content (AvgIpc) is 2.37. The van der Waals surface area contributed by atoms with Crippen molar-refractivity contribution in [1.82, 2.24) is 0 Å². The zero-order valence-electron chi connectivity index (χ0n) is 9.54. The first-order chi connectivity index (χ1) is 8.93. The van der Waals surface area contributed by atoms with Crippen LogP contribution in [0.15, 0.2) is 42.5 Å². The van der Waals surface area contributed by atoms with Gasteiger partial charge in [-0.05, 0) is 35.4 Å². The lowest BCUT2D eigenvalue weighted by Crippen LogP contribution is -2.07. The number of alkyl halides is 3. The SMILES string of the molecule is O=Cc1ccc(F)cc1-c1ccccc1C(F)(F)F. The van der Waals surface area contributed by atoms with Gasteiger partial charge in [0.05, 0.1) is 5.56 Å². The lowest BCUT2D eigenvalue weighted by atomic mass is 9.95. The minimum absolute atomic E-state index is 0.0121. The predicted octanol–water partition coefficient (Wildman–Crippen LogP) is 4.32. The Labute approximate surface area is 106 Å².